The number of allylic oxidation sites excluding steroid dienone is 1. The Kier molecular flexibility index (Phi) is 4.70. The van der Waals surface area contributed by atoms with Gasteiger partial charge in [-0.05, 0) is 6.92 Å². The molecule has 0 saturated heterocycles. The third kappa shape index (κ3) is 4.17. The van der Waals surface area contributed by atoms with Crippen LogP contribution in [0.5, 0.6) is 0 Å². The quantitative estimate of drug-likeness (QED) is 0.454. The van der Waals surface area contributed by atoms with Crippen molar-refractivity contribution in [2.45, 2.75) is 13.0 Å². The molecule has 0 bridgehead atoms. The lowest BCUT2D eigenvalue weighted by atomic mass is 10.4. The molecule has 10 heavy (non-hydrogen) atoms. The second-order valence-corrected chi connectivity index (χ2v) is 1.92. The molecule has 0 aromatic rings. The minimum atomic E-state index is -0.824. The summed E-state index contributed by atoms with van der Waals surface area (Å²) in [7, 11) is 0. The van der Waals surface area contributed by atoms with Crippen LogP contribution < -0.4 is 5.73 Å². The van der Waals surface area contributed by atoms with Crippen LogP contribution >= 0.6 is 0 Å². The van der Waals surface area contributed by atoms with E-state index in [1.807, 2.05) is 0 Å². The van der Waals surface area contributed by atoms with E-state index in [0.29, 0.717) is 5.76 Å². The molecule has 0 unspecified atom stereocenters. The first-order valence-electron chi connectivity index (χ1n) is 3.01. The molecule has 0 aliphatic carbocycles. The van der Waals surface area contributed by atoms with E-state index in [9.17, 15) is 0 Å². The van der Waals surface area contributed by atoms with E-state index in [4.69, 9.17) is 20.7 Å². The zero-order chi connectivity index (χ0) is 7.98. The zero-order valence-electron chi connectivity index (χ0n) is 5.95. The van der Waals surface area contributed by atoms with Gasteiger partial charge in [-0.1, -0.05) is 0 Å². The van der Waals surface area contributed by atoms with Crippen LogP contribution in [0.25, 0.3) is 0 Å². The van der Waals surface area contributed by atoms with Crippen molar-refractivity contribution < 1.29 is 14.9 Å². The molecule has 0 aromatic heterocycles. The molecule has 0 amide bonds. The zero-order valence-corrected chi connectivity index (χ0v) is 5.95. The van der Waals surface area contributed by atoms with E-state index in [2.05, 4.69) is 0 Å². The highest BCUT2D eigenvalue weighted by atomic mass is 16.5. The van der Waals surface area contributed by atoms with Gasteiger partial charge in [-0.3, -0.25) is 0 Å². The van der Waals surface area contributed by atoms with E-state index in [1.54, 1.807) is 6.92 Å². The van der Waals surface area contributed by atoms with E-state index in [-0.39, 0.29) is 13.2 Å². The summed E-state index contributed by atoms with van der Waals surface area (Å²) in [6.45, 7) is 1.46. The molecule has 1 atom stereocenters. The SMILES string of the molecule is C/C(=C\N)OC[C@H](O)CO. The summed E-state index contributed by atoms with van der Waals surface area (Å²) in [5.74, 6) is 0.535. The second-order valence-electron chi connectivity index (χ2n) is 1.92. The Morgan fingerprint density at radius 3 is 2.80 bits per heavy atom. The van der Waals surface area contributed by atoms with Crippen molar-refractivity contribution in [2.75, 3.05) is 13.2 Å². The molecular weight excluding hydrogens is 134 g/mol. The fourth-order valence-electron chi connectivity index (χ4n) is 0.328. The Morgan fingerprint density at radius 2 is 2.40 bits per heavy atom. The molecular formula is C6H13NO3. The maximum absolute atomic E-state index is 8.76. The molecule has 0 heterocycles. The van der Waals surface area contributed by atoms with Crippen LogP contribution in [0.15, 0.2) is 12.0 Å². The maximum Gasteiger partial charge on any atom is 0.116 e. The standard InChI is InChI=1S/C6H13NO3/c1-5(2-7)10-4-6(9)3-8/h2,6,8-9H,3-4,7H2,1H3/b5-2+/t6-/m1/s1. The van der Waals surface area contributed by atoms with Gasteiger partial charge in [-0.15, -0.1) is 0 Å². The first-order valence-corrected chi connectivity index (χ1v) is 3.01. The summed E-state index contributed by atoms with van der Waals surface area (Å²) in [6.07, 6.45) is 0.472. The largest absolute Gasteiger partial charge is 0.494 e. The summed E-state index contributed by atoms with van der Waals surface area (Å²) < 4.78 is 4.87. The average Bonchev–Trinajstić information content (AvgIpc) is 1.99. The van der Waals surface area contributed by atoms with Crippen LogP contribution in [-0.4, -0.2) is 29.5 Å². The van der Waals surface area contributed by atoms with Crippen molar-refractivity contribution >= 4 is 0 Å². The van der Waals surface area contributed by atoms with Crippen LogP contribution in [0.4, 0.5) is 0 Å². The van der Waals surface area contributed by atoms with E-state index >= 15 is 0 Å². The average molecular weight is 147 g/mol. The number of aliphatic hydroxyl groups excluding tert-OH is 2. The van der Waals surface area contributed by atoms with Crippen molar-refractivity contribution in [1.29, 1.82) is 0 Å². The highest BCUT2D eigenvalue weighted by Crippen LogP contribution is 1.93. The topological polar surface area (TPSA) is 75.7 Å². The van der Waals surface area contributed by atoms with Crippen LogP contribution in [0.3, 0.4) is 0 Å². The molecule has 0 spiro atoms. The maximum atomic E-state index is 8.76. The Hall–Kier alpha value is -0.740. The predicted molar refractivity (Wildman–Crippen MR) is 37.0 cm³/mol. The van der Waals surface area contributed by atoms with Gasteiger partial charge in [0.25, 0.3) is 0 Å². The van der Waals surface area contributed by atoms with Crippen LogP contribution in [0, 0.1) is 0 Å². The summed E-state index contributed by atoms with van der Waals surface area (Å²) in [4.78, 5) is 0. The fourth-order valence-corrected chi connectivity index (χ4v) is 0.328. The molecule has 0 rings (SSSR count). The van der Waals surface area contributed by atoms with Gasteiger partial charge in [0.15, 0.2) is 0 Å². The third-order valence-corrected chi connectivity index (χ3v) is 0.949. The molecule has 0 saturated carbocycles. The molecule has 4 nitrogen and oxygen atoms in total. The van der Waals surface area contributed by atoms with E-state index in [0.717, 1.165) is 0 Å². The lowest BCUT2D eigenvalue weighted by Gasteiger charge is -2.08. The summed E-state index contributed by atoms with van der Waals surface area (Å²) >= 11 is 0. The minimum absolute atomic E-state index is 0.0794. The Labute approximate surface area is 59.9 Å². The first-order chi connectivity index (χ1) is 4.70. The number of hydrogen-bond acceptors (Lipinski definition) is 4. The molecule has 0 aromatic carbocycles. The van der Waals surface area contributed by atoms with Gasteiger partial charge in [-0.2, -0.15) is 0 Å². The van der Waals surface area contributed by atoms with Gasteiger partial charge in [-0.25, -0.2) is 0 Å². The van der Waals surface area contributed by atoms with Gasteiger partial charge in [0, 0.05) is 6.20 Å². The number of aliphatic hydroxyl groups is 2. The molecule has 0 fully saturated rings. The van der Waals surface area contributed by atoms with Gasteiger partial charge < -0.3 is 20.7 Å². The van der Waals surface area contributed by atoms with Crippen LogP contribution in [-0.2, 0) is 4.74 Å². The Morgan fingerprint density at radius 1 is 1.80 bits per heavy atom. The fraction of sp³-hybridized carbons (Fsp3) is 0.667. The highest BCUT2D eigenvalue weighted by molar-refractivity contribution is 4.83. The normalized spacial score (nSPS) is 14.9. The van der Waals surface area contributed by atoms with Crippen molar-refractivity contribution in [3.63, 3.8) is 0 Å². The van der Waals surface area contributed by atoms with Crippen molar-refractivity contribution in [1.82, 2.24) is 0 Å². The smallest absolute Gasteiger partial charge is 0.116 e. The molecule has 60 valence electrons. The Balaban J connectivity index is 3.35. The van der Waals surface area contributed by atoms with E-state index < -0.39 is 6.10 Å². The number of nitrogens with two attached hydrogens (primary N) is 1. The summed E-state index contributed by atoms with van der Waals surface area (Å²) in [6, 6.07) is 0. The molecule has 0 aliphatic heterocycles. The molecule has 4 heteroatoms. The van der Waals surface area contributed by atoms with Gasteiger partial charge in [0.1, 0.15) is 18.5 Å². The lowest BCUT2D eigenvalue weighted by Crippen LogP contribution is -2.18. The number of rotatable bonds is 4. The number of ether oxygens (including phenoxy) is 1. The van der Waals surface area contributed by atoms with Gasteiger partial charge in [0.2, 0.25) is 0 Å². The van der Waals surface area contributed by atoms with Crippen molar-refractivity contribution in [3.8, 4) is 0 Å². The molecule has 4 N–H and O–H groups in total. The monoisotopic (exact) mass is 147 g/mol. The van der Waals surface area contributed by atoms with Crippen molar-refractivity contribution in [3.05, 3.63) is 12.0 Å². The third-order valence-electron chi connectivity index (χ3n) is 0.949. The highest BCUT2D eigenvalue weighted by Gasteiger charge is 2.00. The lowest BCUT2D eigenvalue weighted by molar-refractivity contribution is 0.0305. The second kappa shape index (κ2) is 5.08. The van der Waals surface area contributed by atoms with Gasteiger partial charge >= 0.3 is 0 Å². The predicted octanol–water partition coefficient (Wildman–Crippen LogP) is -0.824. The number of hydrogen-bond donors (Lipinski definition) is 3. The van der Waals surface area contributed by atoms with Crippen LogP contribution in [0.2, 0.25) is 0 Å². The molecule has 0 radical (unpaired) electrons. The van der Waals surface area contributed by atoms with Gasteiger partial charge in [0.05, 0.1) is 6.61 Å². The summed E-state index contributed by atoms with van der Waals surface area (Å²) in [5, 5.41) is 17.1. The first kappa shape index (κ1) is 9.26. The molecule has 0 aliphatic rings. The van der Waals surface area contributed by atoms with E-state index in [1.165, 1.54) is 6.20 Å². The minimum Gasteiger partial charge on any atom is -0.494 e. The van der Waals surface area contributed by atoms with Crippen molar-refractivity contribution in [2.24, 2.45) is 5.73 Å². The van der Waals surface area contributed by atoms with Crippen LogP contribution in [0.1, 0.15) is 6.92 Å². The summed E-state index contributed by atoms with van der Waals surface area (Å²) in [5.41, 5.74) is 5.07. The Bertz CT molecular complexity index is 114.